The monoisotopic (exact) mass is 286 g/mol. The van der Waals surface area contributed by atoms with Gasteiger partial charge < -0.3 is 15.8 Å². The van der Waals surface area contributed by atoms with Gasteiger partial charge in [-0.2, -0.15) is 0 Å². The minimum absolute atomic E-state index is 0.165. The molecule has 4 nitrogen and oxygen atoms in total. The van der Waals surface area contributed by atoms with Crippen LogP contribution in [0.5, 0.6) is 0 Å². The fourth-order valence-corrected chi connectivity index (χ4v) is 1.62. The van der Waals surface area contributed by atoms with Crippen molar-refractivity contribution in [3.05, 3.63) is 35.4 Å². The number of nitrogens with two attached hydrogens (primary N) is 1. The summed E-state index contributed by atoms with van der Waals surface area (Å²) < 4.78 is 31.0. The lowest BCUT2D eigenvalue weighted by molar-refractivity contribution is 0.0506. The molecule has 0 spiro atoms. The lowest BCUT2D eigenvalue weighted by Gasteiger charge is -2.23. The molecule has 3 N–H and O–H groups in total. The van der Waals surface area contributed by atoms with Crippen molar-refractivity contribution in [2.45, 2.75) is 38.8 Å². The Hall–Kier alpha value is -1.69. The fraction of sp³-hybridized carbons (Fsp3) is 0.500. The molecule has 0 aromatic heterocycles. The van der Waals surface area contributed by atoms with E-state index in [2.05, 4.69) is 5.32 Å². The Morgan fingerprint density at radius 3 is 2.50 bits per heavy atom. The second kappa shape index (κ2) is 6.65. The van der Waals surface area contributed by atoms with Gasteiger partial charge in [-0.15, -0.1) is 0 Å². The van der Waals surface area contributed by atoms with E-state index in [0.29, 0.717) is 12.0 Å². The number of halogens is 2. The summed E-state index contributed by atoms with van der Waals surface area (Å²) in [5, 5.41) is 2.60. The van der Waals surface area contributed by atoms with Gasteiger partial charge in [0.05, 0.1) is 0 Å². The predicted molar refractivity (Wildman–Crippen MR) is 72.3 cm³/mol. The Kier molecular flexibility index (Phi) is 5.44. The normalized spacial score (nSPS) is 12.9. The molecule has 20 heavy (non-hydrogen) atoms. The van der Waals surface area contributed by atoms with Crippen LogP contribution < -0.4 is 11.1 Å². The largest absolute Gasteiger partial charge is 0.444 e. The van der Waals surface area contributed by atoms with E-state index < -0.39 is 29.4 Å². The van der Waals surface area contributed by atoms with Crippen LogP contribution in [0.1, 0.15) is 26.3 Å². The molecule has 1 rings (SSSR count). The van der Waals surface area contributed by atoms with Crippen LogP contribution in [0, 0.1) is 11.6 Å². The first-order valence-corrected chi connectivity index (χ1v) is 6.35. The number of carbonyl (C=O) groups excluding carboxylic acids is 1. The average Bonchev–Trinajstić information content (AvgIpc) is 2.30. The summed E-state index contributed by atoms with van der Waals surface area (Å²) in [5.41, 5.74) is 5.51. The maximum Gasteiger partial charge on any atom is 0.407 e. The van der Waals surface area contributed by atoms with Crippen LogP contribution >= 0.6 is 0 Å². The second-order valence-electron chi connectivity index (χ2n) is 5.53. The van der Waals surface area contributed by atoms with E-state index in [-0.39, 0.29) is 6.54 Å². The van der Waals surface area contributed by atoms with E-state index >= 15 is 0 Å². The molecule has 0 aliphatic rings. The molecule has 112 valence electrons. The standard InChI is InChI=1S/C14H20F2N2O2/c1-14(2,3)20-13(19)18-10(8-17)6-9-4-5-11(15)12(16)7-9/h4-5,7,10H,6,8,17H2,1-3H3,(H,18,19). The number of ether oxygens (including phenoxy) is 1. The van der Waals surface area contributed by atoms with Crippen molar-refractivity contribution >= 4 is 6.09 Å². The first kappa shape index (κ1) is 16.4. The van der Waals surface area contributed by atoms with E-state index in [1.807, 2.05) is 0 Å². The Bertz CT molecular complexity index is 473. The Balaban J connectivity index is 2.63. The van der Waals surface area contributed by atoms with Gasteiger partial charge in [0.1, 0.15) is 5.60 Å². The number of hydrogen-bond acceptors (Lipinski definition) is 3. The van der Waals surface area contributed by atoms with Gasteiger partial charge in [0, 0.05) is 12.6 Å². The zero-order valence-corrected chi connectivity index (χ0v) is 11.9. The van der Waals surface area contributed by atoms with E-state index in [1.165, 1.54) is 6.07 Å². The van der Waals surface area contributed by atoms with Crippen molar-refractivity contribution in [1.29, 1.82) is 0 Å². The van der Waals surface area contributed by atoms with Crippen LogP contribution in [0.3, 0.4) is 0 Å². The van der Waals surface area contributed by atoms with Crippen molar-refractivity contribution in [3.63, 3.8) is 0 Å². The van der Waals surface area contributed by atoms with Crippen molar-refractivity contribution in [2.24, 2.45) is 5.73 Å². The number of alkyl carbamates (subject to hydrolysis) is 1. The number of benzene rings is 1. The highest BCUT2D eigenvalue weighted by atomic mass is 19.2. The van der Waals surface area contributed by atoms with Crippen molar-refractivity contribution < 1.29 is 18.3 Å². The lowest BCUT2D eigenvalue weighted by atomic mass is 10.1. The molecule has 6 heteroatoms. The van der Waals surface area contributed by atoms with Gasteiger partial charge in [-0.25, -0.2) is 13.6 Å². The highest BCUT2D eigenvalue weighted by molar-refractivity contribution is 5.68. The van der Waals surface area contributed by atoms with Gasteiger partial charge in [0.15, 0.2) is 11.6 Å². The quantitative estimate of drug-likeness (QED) is 0.893. The summed E-state index contributed by atoms with van der Waals surface area (Å²) in [5.74, 6) is -1.83. The predicted octanol–water partition coefficient (Wildman–Crippen LogP) is 2.36. The summed E-state index contributed by atoms with van der Waals surface area (Å²) in [6.45, 7) is 5.41. The van der Waals surface area contributed by atoms with Crippen LogP contribution in [0.25, 0.3) is 0 Å². The molecule has 0 bridgehead atoms. The fourth-order valence-electron chi connectivity index (χ4n) is 1.62. The highest BCUT2D eigenvalue weighted by Crippen LogP contribution is 2.11. The maximum atomic E-state index is 13.1. The molecule has 0 aliphatic carbocycles. The Morgan fingerprint density at radius 2 is 2.00 bits per heavy atom. The van der Waals surface area contributed by atoms with Gasteiger partial charge in [-0.3, -0.25) is 0 Å². The summed E-state index contributed by atoms with van der Waals surface area (Å²) >= 11 is 0. The van der Waals surface area contributed by atoms with Crippen LogP contribution in [-0.2, 0) is 11.2 Å². The number of carbonyl (C=O) groups is 1. The van der Waals surface area contributed by atoms with E-state index in [9.17, 15) is 13.6 Å². The minimum atomic E-state index is -0.921. The smallest absolute Gasteiger partial charge is 0.407 e. The third-order valence-corrected chi connectivity index (χ3v) is 2.47. The van der Waals surface area contributed by atoms with E-state index in [1.54, 1.807) is 20.8 Å². The first-order valence-electron chi connectivity index (χ1n) is 6.35. The number of nitrogens with one attached hydrogen (secondary N) is 1. The highest BCUT2D eigenvalue weighted by Gasteiger charge is 2.19. The number of rotatable bonds is 4. The van der Waals surface area contributed by atoms with Gasteiger partial charge in [-0.05, 0) is 44.9 Å². The zero-order valence-electron chi connectivity index (χ0n) is 11.9. The maximum absolute atomic E-state index is 13.1. The van der Waals surface area contributed by atoms with Gasteiger partial charge in [-0.1, -0.05) is 6.07 Å². The minimum Gasteiger partial charge on any atom is -0.444 e. The molecule has 0 radical (unpaired) electrons. The van der Waals surface area contributed by atoms with E-state index in [4.69, 9.17) is 10.5 Å². The molecule has 0 heterocycles. The van der Waals surface area contributed by atoms with Crippen LogP contribution in [0.2, 0.25) is 0 Å². The molecule has 1 aromatic rings. The zero-order chi connectivity index (χ0) is 15.3. The summed E-state index contributed by atoms with van der Waals surface area (Å²) in [4.78, 5) is 11.6. The van der Waals surface area contributed by atoms with Crippen molar-refractivity contribution in [3.8, 4) is 0 Å². The molecule has 1 unspecified atom stereocenters. The van der Waals surface area contributed by atoms with E-state index in [0.717, 1.165) is 12.1 Å². The van der Waals surface area contributed by atoms with Crippen LogP contribution in [-0.4, -0.2) is 24.3 Å². The molecule has 0 saturated carbocycles. The number of hydrogen-bond donors (Lipinski definition) is 2. The molecule has 0 fully saturated rings. The SMILES string of the molecule is CC(C)(C)OC(=O)NC(CN)Cc1ccc(F)c(F)c1. The third-order valence-electron chi connectivity index (χ3n) is 2.47. The molecule has 0 aliphatic heterocycles. The molecule has 1 atom stereocenters. The lowest BCUT2D eigenvalue weighted by Crippen LogP contribution is -2.44. The number of amides is 1. The summed E-state index contributed by atoms with van der Waals surface area (Å²) in [7, 11) is 0. The first-order chi connectivity index (χ1) is 9.21. The topological polar surface area (TPSA) is 64.3 Å². The second-order valence-corrected chi connectivity index (χ2v) is 5.53. The molecule has 1 amide bonds. The van der Waals surface area contributed by atoms with Crippen molar-refractivity contribution in [1.82, 2.24) is 5.32 Å². The van der Waals surface area contributed by atoms with Crippen LogP contribution in [0.15, 0.2) is 18.2 Å². The molecular formula is C14H20F2N2O2. The summed E-state index contributed by atoms with van der Waals surface area (Å²) in [6, 6.07) is 3.19. The third kappa shape index (κ3) is 5.52. The average molecular weight is 286 g/mol. The van der Waals surface area contributed by atoms with Crippen molar-refractivity contribution in [2.75, 3.05) is 6.54 Å². The van der Waals surface area contributed by atoms with Gasteiger partial charge in [0.25, 0.3) is 0 Å². The molecular weight excluding hydrogens is 266 g/mol. The Morgan fingerprint density at radius 1 is 1.35 bits per heavy atom. The van der Waals surface area contributed by atoms with Gasteiger partial charge >= 0.3 is 6.09 Å². The molecule has 1 aromatic carbocycles. The Labute approximate surface area is 117 Å². The van der Waals surface area contributed by atoms with Gasteiger partial charge in [0.2, 0.25) is 0 Å². The summed E-state index contributed by atoms with van der Waals surface area (Å²) in [6.07, 6.45) is -0.289. The molecule has 0 saturated heterocycles. The van der Waals surface area contributed by atoms with Crippen LogP contribution in [0.4, 0.5) is 13.6 Å².